The van der Waals surface area contributed by atoms with Gasteiger partial charge in [0.1, 0.15) is 0 Å². The molecule has 364 valence electrons. The molecule has 5 heteroatoms. The minimum absolute atomic E-state index is 0.461. The van der Waals surface area contributed by atoms with Crippen LogP contribution in [0.25, 0.3) is 70.8 Å². The average Bonchev–Trinajstić information content (AvgIpc) is 3.88. The third kappa shape index (κ3) is 8.37. The molecule has 73 heavy (non-hydrogen) atoms. The standard InChI is InChI=1S/C68H65N3S2/c1-44(2)46-16-22-54(23-17-46)69(56-28-32-60(33-29-56)72(5,6)7)58-26-20-49-38-62-64-40-53(48-14-12-11-13-15-48)41-65-63-39-50-21-27-59(37-52(50)43-67(63)71(68(64)65)66(62)42-51(49)36-58)70(55-24-18-47(19-25-55)45(3)4)57-30-34-61(35-31-57)73(8,9)10/h11-45H,1-10H3. The summed E-state index contributed by atoms with van der Waals surface area (Å²) in [5.41, 5.74) is 15.8. The van der Waals surface area contributed by atoms with Crippen LogP contribution in [0, 0.1) is 0 Å². The first-order chi connectivity index (χ1) is 35.1. The highest BCUT2D eigenvalue weighted by molar-refractivity contribution is 8.32. The van der Waals surface area contributed by atoms with E-state index < -0.39 is 20.1 Å². The smallest absolute Gasteiger partial charge is 0.0620 e. The van der Waals surface area contributed by atoms with Gasteiger partial charge in [-0.1, -0.05) is 94.4 Å². The number of rotatable bonds is 11. The number of fused-ring (bicyclic) bond motifs is 8. The van der Waals surface area contributed by atoms with Crippen LogP contribution in [0.4, 0.5) is 34.1 Å². The first-order valence-electron chi connectivity index (χ1n) is 25.6. The quantitative estimate of drug-likeness (QED) is 0.128. The van der Waals surface area contributed by atoms with E-state index in [2.05, 4.69) is 280 Å². The molecule has 0 saturated carbocycles. The van der Waals surface area contributed by atoms with Gasteiger partial charge >= 0.3 is 0 Å². The number of anilines is 6. The highest BCUT2D eigenvalue weighted by Gasteiger charge is 2.23. The first-order valence-corrected chi connectivity index (χ1v) is 31.4. The summed E-state index contributed by atoms with van der Waals surface area (Å²) in [6, 6.07) is 76.4. The van der Waals surface area contributed by atoms with E-state index in [0.29, 0.717) is 11.8 Å². The minimum atomic E-state index is -0.866. The van der Waals surface area contributed by atoms with E-state index in [0.717, 1.165) is 34.1 Å². The molecule has 0 atom stereocenters. The Labute approximate surface area is 434 Å². The second-order valence-corrected chi connectivity index (χ2v) is 30.5. The maximum atomic E-state index is 2.56. The van der Waals surface area contributed by atoms with Crippen LogP contribution >= 0.6 is 20.1 Å². The molecule has 0 saturated heterocycles. The molecule has 2 aromatic heterocycles. The number of aromatic nitrogens is 1. The maximum Gasteiger partial charge on any atom is 0.0620 e. The molecule has 12 aromatic rings. The fraction of sp³-hybridized carbons (Fsp3) is 0.176. The molecule has 0 N–H and O–H groups in total. The van der Waals surface area contributed by atoms with Crippen molar-refractivity contribution in [2.45, 2.75) is 49.3 Å². The average molecular weight is 988 g/mol. The lowest BCUT2D eigenvalue weighted by Crippen LogP contribution is -2.10. The maximum absolute atomic E-state index is 2.56. The molecule has 10 aromatic carbocycles. The molecule has 0 aliphatic heterocycles. The van der Waals surface area contributed by atoms with E-state index in [1.54, 1.807) is 0 Å². The van der Waals surface area contributed by atoms with Crippen molar-refractivity contribution in [1.29, 1.82) is 0 Å². The van der Waals surface area contributed by atoms with Crippen molar-refractivity contribution in [3.05, 3.63) is 211 Å². The second kappa shape index (κ2) is 17.8. The Hall–Kier alpha value is -7.18. The topological polar surface area (TPSA) is 10.9 Å². The Bertz CT molecular complexity index is 3770. The zero-order valence-electron chi connectivity index (χ0n) is 43.9. The summed E-state index contributed by atoms with van der Waals surface area (Å²) in [4.78, 5) is 7.66. The summed E-state index contributed by atoms with van der Waals surface area (Å²) < 4.78 is 2.56. The highest BCUT2D eigenvalue weighted by Crippen LogP contribution is 2.49. The van der Waals surface area contributed by atoms with Crippen molar-refractivity contribution >= 4 is 114 Å². The van der Waals surface area contributed by atoms with Crippen LogP contribution < -0.4 is 9.80 Å². The lowest BCUT2D eigenvalue weighted by atomic mass is 9.97. The van der Waals surface area contributed by atoms with Crippen LogP contribution in [0.1, 0.15) is 50.7 Å². The third-order valence-electron chi connectivity index (χ3n) is 15.1. The van der Waals surface area contributed by atoms with Gasteiger partial charge in [0.25, 0.3) is 0 Å². The molecular formula is C68H65N3S2. The molecule has 0 aliphatic carbocycles. The Morgan fingerprint density at radius 3 is 1.07 bits per heavy atom. The first kappa shape index (κ1) is 46.9. The molecule has 2 heterocycles. The van der Waals surface area contributed by atoms with E-state index in [9.17, 15) is 0 Å². The molecule has 0 aliphatic rings. The Morgan fingerprint density at radius 2 is 0.699 bits per heavy atom. The SMILES string of the molecule is CC(C)c1ccc(N(c2ccc(S(C)(C)C)cc2)c2ccc3cc4c5cc(-c6ccccc6)cc6c7cc8ccc(N(c9ccc(C(C)C)cc9)c9ccc(S(C)(C)C)cc9)cc8cc7n(c4cc3c2)c56)cc1. The fourth-order valence-corrected chi connectivity index (χ4v) is 12.9. The van der Waals surface area contributed by atoms with E-state index >= 15 is 0 Å². The van der Waals surface area contributed by atoms with Gasteiger partial charge in [0, 0.05) is 55.7 Å². The monoisotopic (exact) mass is 987 g/mol. The zero-order chi connectivity index (χ0) is 50.5. The lowest BCUT2D eigenvalue weighted by Gasteiger charge is -2.29. The van der Waals surface area contributed by atoms with Crippen LogP contribution in [0.2, 0.25) is 0 Å². The lowest BCUT2D eigenvalue weighted by molar-refractivity contribution is 0.866. The predicted octanol–water partition coefficient (Wildman–Crippen LogP) is 20.1. The molecule has 0 fully saturated rings. The van der Waals surface area contributed by atoms with Gasteiger partial charge in [-0.15, -0.1) is 0 Å². The number of benzene rings is 10. The van der Waals surface area contributed by atoms with Gasteiger partial charge in [-0.25, -0.2) is 20.1 Å². The third-order valence-corrected chi connectivity index (χ3v) is 18.5. The molecule has 3 nitrogen and oxygen atoms in total. The van der Waals surface area contributed by atoms with Gasteiger partial charge in [0.2, 0.25) is 0 Å². The predicted molar refractivity (Wildman–Crippen MR) is 326 cm³/mol. The van der Waals surface area contributed by atoms with Crippen LogP contribution in [0.5, 0.6) is 0 Å². The zero-order valence-corrected chi connectivity index (χ0v) is 45.5. The highest BCUT2D eigenvalue weighted by atomic mass is 32.3. The summed E-state index contributed by atoms with van der Waals surface area (Å²) in [5, 5.41) is 9.98. The van der Waals surface area contributed by atoms with Gasteiger partial charge in [0.05, 0.1) is 16.6 Å². The molecule has 0 amide bonds. The van der Waals surface area contributed by atoms with Crippen molar-refractivity contribution < 1.29 is 0 Å². The van der Waals surface area contributed by atoms with E-state index in [1.807, 2.05) is 0 Å². The Kier molecular flexibility index (Phi) is 11.4. The van der Waals surface area contributed by atoms with Crippen molar-refractivity contribution in [1.82, 2.24) is 4.40 Å². The largest absolute Gasteiger partial charge is 0.310 e. The van der Waals surface area contributed by atoms with E-state index in [4.69, 9.17) is 0 Å². The van der Waals surface area contributed by atoms with Gasteiger partial charge in [0.15, 0.2) is 0 Å². The van der Waals surface area contributed by atoms with Gasteiger partial charge in [-0.3, -0.25) is 0 Å². The van der Waals surface area contributed by atoms with Crippen LogP contribution in [-0.2, 0) is 0 Å². The number of nitrogens with zero attached hydrogens (tertiary/aromatic N) is 3. The molecule has 12 rings (SSSR count). The summed E-state index contributed by atoms with van der Waals surface area (Å²) in [6.45, 7) is 9.06. The van der Waals surface area contributed by atoms with Crippen molar-refractivity contribution in [3.63, 3.8) is 0 Å². The number of hydrogen-bond donors (Lipinski definition) is 0. The normalized spacial score (nSPS) is 12.9. The van der Waals surface area contributed by atoms with E-state index in [1.165, 1.54) is 91.7 Å². The summed E-state index contributed by atoms with van der Waals surface area (Å²) in [6.07, 6.45) is 14.2. The minimum Gasteiger partial charge on any atom is -0.310 e. The van der Waals surface area contributed by atoms with Crippen LogP contribution in [0.3, 0.4) is 0 Å². The fourth-order valence-electron chi connectivity index (χ4n) is 11.0. The molecule has 0 bridgehead atoms. The molecule has 0 spiro atoms. The van der Waals surface area contributed by atoms with Crippen molar-refractivity contribution in [2.75, 3.05) is 47.3 Å². The Morgan fingerprint density at radius 1 is 0.329 bits per heavy atom. The van der Waals surface area contributed by atoms with Gasteiger partial charge < -0.3 is 14.2 Å². The molecule has 0 radical (unpaired) electrons. The van der Waals surface area contributed by atoms with Crippen LogP contribution in [0.15, 0.2) is 210 Å². The summed E-state index contributed by atoms with van der Waals surface area (Å²) in [5.74, 6) is 0.922. The second-order valence-electron chi connectivity index (χ2n) is 22.2. The number of hydrogen-bond acceptors (Lipinski definition) is 2. The van der Waals surface area contributed by atoms with Crippen molar-refractivity contribution in [2.24, 2.45) is 0 Å². The molecular weight excluding hydrogens is 923 g/mol. The van der Waals surface area contributed by atoms with Gasteiger partial charge in [-0.2, -0.15) is 0 Å². The summed E-state index contributed by atoms with van der Waals surface area (Å²) in [7, 11) is -1.73. The van der Waals surface area contributed by atoms with E-state index in [-0.39, 0.29) is 0 Å². The van der Waals surface area contributed by atoms with Gasteiger partial charge in [-0.05, 0) is 236 Å². The summed E-state index contributed by atoms with van der Waals surface area (Å²) >= 11 is 0. The molecule has 0 unspecified atom stereocenters. The Balaban J connectivity index is 1.07. The van der Waals surface area contributed by atoms with Crippen LogP contribution in [-0.4, -0.2) is 41.9 Å². The van der Waals surface area contributed by atoms with Crippen molar-refractivity contribution in [3.8, 4) is 11.1 Å².